The first-order chi connectivity index (χ1) is 11.1. The Hall–Kier alpha value is -2.93. The zero-order chi connectivity index (χ0) is 16.2. The van der Waals surface area contributed by atoms with Crippen LogP contribution in [0.3, 0.4) is 0 Å². The van der Waals surface area contributed by atoms with Crippen LogP contribution in [0.2, 0.25) is 5.02 Å². The van der Waals surface area contributed by atoms with Gasteiger partial charge in [0.15, 0.2) is 5.82 Å². The number of ether oxygens (including phenoxy) is 1. The van der Waals surface area contributed by atoms with E-state index < -0.39 is 11.6 Å². The number of aromatic nitrogens is 3. The van der Waals surface area contributed by atoms with Gasteiger partial charge in [-0.25, -0.2) is 4.98 Å². The lowest BCUT2D eigenvalue weighted by Gasteiger charge is -2.01. The van der Waals surface area contributed by atoms with Crippen molar-refractivity contribution in [2.75, 3.05) is 0 Å². The maximum atomic E-state index is 11.9. The minimum atomic E-state index is -0.735. The summed E-state index contributed by atoms with van der Waals surface area (Å²) < 4.78 is 10.7. The highest BCUT2D eigenvalue weighted by Gasteiger charge is 2.20. The Kier molecular flexibility index (Phi) is 4.20. The number of hydrogen-bond acceptors (Lipinski definition) is 6. The van der Waals surface area contributed by atoms with Crippen molar-refractivity contribution in [1.29, 1.82) is 0 Å². The second-order valence-corrected chi connectivity index (χ2v) is 5.03. The minimum Gasteiger partial charge on any atom is -0.434 e. The zero-order valence-electron chi connectivity index (χ0n) is 11.7. The highest BCUT2D eigenvalue weighted by Crippen LogP contribution is 2.26. The van der Waals surface area contributed by atoms with Crippen molar-refractivity contribution >= 4 is 23.2 Å². The van der Waals surface area contributed by atoms with Gasteiger partial charge in [-0.15, -0.1) is 0 Å². The molecule has 2 aromatic heterocycles. The van der Waals surface area contributed by atoms with Gasteiger partial charge in [-0.05, 0) is 18.2 Å². The number of carbonyl (C=O) groups is 2. The summed E-state index contributed by atoms with van der Waals surface area (Å²) >= 11 is 5.86. The summed E-state index contributed by atoms with van der Waals surface area (Å²) in [5, 5.41) is 6.42. The molecule has 0 aliphatic rings. The molecule has 8 heteroatoms. The Balaban J connectivity index is 1.65. The van der Waals surface area contributed by atoms with E-state index >= 15 is 0 Å². The summed E-state index contributed by atoms with van der Waals surface area (Å²) in [6, 6.07) is 8.33. The maximum Gasteiger partial charge on any atom is 0.290 e. The van der Waals surface area contributed by atoms with Gasteiger partial charge in [-0.1, -0.05) is 17.7 Å². The number of rotatable bonds is 6. The summed E-state index contributed by atoms with van der Waals surface area (Å²) in [4.78, 5) is 27.3. The number of benzene rings is 1. The van der Waals surface area contributed by atoms with Crippen molar-refractivity contribution in [3.8, 4) is 11.7 Å². The molecule has 1 N–H and O–H groups in total. The lowest BCUT2D eigenvalue weighted by Crippen LogP contribution is -2.17. The van der Waals surface area contributed by atoms with E-state index in [1.807, 2.05) is 0 Å². The zero-order valence-corrected chi connectivity index (χ0v) is 12.4. The van der Waals surface area contributed by atoms with Crippen LogP contribution in [-0.2, 0) is 11.2 Å². The first kappa shape index (κ1) is 15.0. The molecule has 0 saturated heterocycles. The van der Waals surface area contributed by atoms with Crippen LogP contribution in [0.5, 0.6) is 11.7 Å². The highest BCUT2D eigenvalue weighted by molar-refractivity contribution is 6.43. The standard InChI is InChI=1S/C15H10ClN3O4/c16-10-2-1-3-11(6-10)23-13-5-9(7-22-13)4-12(20)14(21)15-17-8-18-19-15/h1-3,5-8H,4H2,(H,17,18,19). The Morgan fingerprint density at radius 2 is 2.17 bits per heavy atom. The van der Waals surface area contributed by atoms with Crippen LogP contribution in [0.15, 0.2) is 47.3 Å². The number of nitrogens with one attached hydrogen (secondary N) is 1. The molecule has 0 unspecified atom stereocenters. The second-order valence-electron chi connectivity index (χ2n) is 4.60. The fourth-order valence-electron chi connectivity index (χ4n) is 1.86. The van der Waals surface area contributed by atoms with Crippen LogP contribution >= 0.6 is 11.6 Å². The monoisotopic (exact) mass is 331 g/mol. The SMILES string of the molecule is O=C(Cc1coc(Oc2cccc(Cl)c2)c1)C(=O)c1ncn[nH]1. The molecule has 2 heterocycles. The van der Waals surface area contributed by atoms with E-state index in [2.05, 4.69) is 15.2 Å². The Bertz CT molecular complexity index is 842. The molecule has 0 spiro atoms. The van der Waals surface area contributed by atoms with Gasteiger partial charge in [0.05, 0.1) is 6.26 Å². The van der Waals surface area contributed by atoms with E-state index in [9.17, 15) is 9.59 Å². The number of halogens is 1. The number of H-pyrrole nitrogens is 1. The number of furan rings is 1. The van der Waals surface area contributed by atoms with Gasteiger partial charge in [-0.2, -0.15) is 5.10 Å². The van der Waals surface area contributed by atoms with Crippen LogP contribution < -0.4 is 4.74 Å². The van der Waals surface area contributed by atoms with E-state index in [-0.39, 0.29) is 18.2 Å². The van der Waals surface area contributed by atoms with Gasteiger partial charge in [0, 0.05) is 23.1 Å². The number of hydrogen-bond donors (Lipinski definition) is 1. The number of ketones is 2. The van der Waals surface area contributed by atoms with Gasteiger partial charge >= 0.3 is 0 Å². The average Bonchev–Trinajstić information content (AvgIpc) is 3.18. The molecule has 1 aromatic carbocycles. The van der Waals surface area contributed by atoms with Crippen molar-refractivity contribution in [3.05, 3.63) is 59.3 Å². The highest BCUT2D eigenvalue weighted by atomic mass is 35.5. The molecule has 3 rings (SSSR count). The summed E-state index contributed by atoms with van der Waals surface area (Å²) in [5.41, 5.74) is 0.514. The van der Waals surface area contributed by atoms with Crippen LogP contribution in [0.4, 0.5) is 0 Å². The molecular weight excluding hydrogens is 322 g/mol. The summed E-state index contributed by atoms with van der Waals surface area (Å²) in [5.74, 6) is -0.753. The first-order valence-corrected chi connectivity index (χ1v) is 6.93. The number of nitrogens with zero attached hydrogens (tertiary/aromatic N) is 2. The Morgan fingerprint density at radius 3 is 2.91 bits per heavy atom. The molecule has 7 nitrogen and oxygen atoms in total. The third-order valence-corrected chi connectivity index (χ3v) is 3.13. The van der Waals surface area contributed by atoms with Crippen LogP contribution in [-0.4, -0.2) is 26.7 Å². The van der Waals surface area contributed by atoms with E-state index in [0.29, 0.717) is 16.3 Å². The van der Waals surface area contributed by atoms with Crippen LogP contribution in [0.1, 0.15) is 16.2 Å². The van der Waals surface area contributed by atoms with E-state index in [4.69, 9.17) is 20.8 Å². The van der Waals surface area contributed by atoms with E-state index in [1.54, 1.807) is 24.3 Å². The molecule has 3 aromatic rings. The molecule has 0 fully saturated rings. The topological polar surface area (TPSA) is 98.1 Å². The summed E-state index contributed by atoms with van der Waals surface area (Å²) in [6.45, 7) is 0. The van der Waals surface area contributed by atoms with Gasteiger partial charge in [-0.3, -0.25) is 14.7 Å². The minimum absolute atomic E-state index is 0.0890. The average molecular weight is 332 g/mol. The molecule has 0 aliphatic carbocycles. The largest absolute Gasteiger partial charge is 0.434 e. The molecular formula is C15H10ClN3O4. The summed E-state index contributed by atoms with van der Waals surface area (Å²) in [6.07, 6.45) is 2.39. The van der Waals surface area contributed by atoms with Gasteiger partial charge in [0.1, 0.15) is 12.1 Å². The predicted octanol–water partition coefficient (Wildman–Crippen LogP) is 2.84. The third-order valence-electron chi connectivity index (χ3n) is 2.89. The maximum absolute atomic E-state index is 11.9. The molecule has 0 bridgehead atoms. The van der Waals surface area contributed by atoms with Gasteiger partial charge in [0.2, 0.25) is 5.78 Å². The van der Waals surface area contributed by atoms with Crippen molar-refractivity contribution in [2.45, 2.75) is 6.42 Å². The van der Waals surface area contributed by atoms with Crippen molar-refractivity contribution in [1.82, 2.24) is 15.2 Å². The molecule has 0 saturated carbocycles. The van der Waals surface area contributed by atoms with Gasteiger partial charge in [0.25, 0.3) is 11.7 Å². The third kappa shape index (κ3) is 3.64. The lowest BCUT2D eigenvalue weighted by atomic mass is 10.1. The second kappa shape index (κ2) is 6.45. The fraction of sp³-hybridized carbons (Fsp3) is 0.0667. The van der Waals surface area contributed by atoms with Crippen molar-refractivity contribution < 1.29 is 18.7 Å². The molecule has 0 radical (unpaired) electrons. The van der Waals surface area contributed by atoms with Crippen LogP contribution in [0, 0.1) is 0 Å². The fourth-order valence-corrected chi connectivity index (χ4v) is 2.04. The lowest BCUT2D eigenvalue weighted by molar-refractivity contribution is -0.114. The first-order valence-electron chi connectivity index (χ1n) is 6.55. The predicted molar refractivity (Wildman–Crippen MR) is 79.7 cm³/mol. The molecule has 0 atom stereocenters. The van der Waals surface area contributed by atoms with Crippen LogP contribution in [0.25, 0.3) is 0 Å². The number of aromatic amines is 1. The Morgan fingerprint density at radius 1 is 1.30 bits per heavy atom. The van der Waals surface area contributed by atoms with Crippen molar-refractivity contribution in [3.63, 3.8) is 0 Å². The molecule has 116 valence electrons. The number of Topliss-reactive ketones (excluding diaryl/α,β-unsaturated/α-hetero) is 2. The smallest absolute Gasteiger partial charge is 0.290 e. The molecule has 0 aliphatic heterocycles. The quantitative estimate of drug-likeness (QED) is 0.551. The number of carbonyl (C=O) groups excluding carboxylic acids is 2. The van der Waals surface area contributed by atoms with Gasteiger partial charge < -0.3 is 9.15 Å². The van der Waals surface area contributed by atoms with E-state index in [0.717, 1.165) is 6.33 Å². The van der Waals surface area contributed by atoms with Crippen molar-refractivity contribution in [2.24, 2.45) is 0 Å². The molecule has 0 amide bonds. The Labute approximate surface area is 135 Å². The van der Waals surface area contributed by atoms with E-state index in [1.165, 1.54) is 12.3 Å². The summed E-state index contributed by atoms with van der Waals surface area (Å²) in [7, 11) is 0. The normalized spacial score (nSPS) is 10.5. The molecule has 23 heavy (non-hydrogen) atoms.